The van der Waals surface area contributed by atoms with E-state index in [-0.39, 0.29) is 0 Å². The molecule has 1 rings (SSSR count). The average Bonchev–Trinajstić information content (AvgIpc) is 2.38. The number of ether oxygens (including phenoxy) is 1. The van der Waals surface area contributed by atoms with E-state index >= 15 is 0 Å². The molecule has 0 saturated carbocycles. The van der Waals surface area contributed by atoms with Gasteiger partial charge in [0.05, 0.1) is 12.7 Å². The van der Waals surface area contributed by atoms with Crippen LogP contribution in [-0.4, -0.2) is 49.8 Å². The lowest BCUT2D eigenvalue weighted by Gasteiger charge is -2.37. The Morgan fingerprint density at radius 3 is 2.76 bits per heavy atom. The molecule has 1 aliphatic rings. The van der Waals surface area contributed by atoms with Gasteiger partial charge in [0, 0.05) is 19.1 Å². The molecule has 1 heterocycles. The Labute approximate surface area is 107 Å². The molecule has 2 unspecified atom stereocenters. The Morgan fingerprint density at radius 2 is 2.12 bits per heavy atom. The van der Waals surface area contributed by atoms with Gasteiger partial charge in [-0.3, -0.25) is 4.90 Å². The van der Waals surface area contributed by atoms with Crippen molar-refractivity contribution in [1.82, 2.24) is 10.2 Å². The summed E-state index contributed by atoms with van der Waals surface area (Å²) in [6.07, 6.45) is 5.60. The van der Waals surface area contributed by atoms with Crippen LogP contribution in [0.2, 0.25) is 0 Å². The molecule has 2 atom stereocenters. The number of hydrogen-bond donors (Lipinski definition) is 1. The minimum absolute atomic E-state index is 0.389. The highest BCUT2D eigenvalue weighted by Gasteiger charge is 2.26. The van der Waals surface area contributed by atoms with E-state index in [1.807, 2.05) is 0 Å². The van der Waals surface area contributed by atoms with Crippen LogP contribution < -0.4 is 5.32 Å². The maximum Gasteiger partial charge on any atom is 0.0855 e. The first-order valence-electron chi connectivity index (χ1n) is 7.39. The number of morpholine rings is 1. The molecule has 0 radical (unpaired) electrons. The lowest BCUT2D eigenvalue weighted by molar-refractivity contribution is -0.0462. The van der Waals surface area contributed by atoms with E-state index in [9.17, 15) is 0 Å². The molecule has 1 fully saturated rings. The molecule has 1 aliphatic heterocycles. The van der Waals surface area contributed by atoms with Crippen LogP contribution in [0.15, 0.2) is 0 Å². The standard InChI is InChI=1S/C14H30N2O/c1-4-7-8-9-13(15-5-2)14-12-16(6-3)10-11-17-14/h13-15H,4-12H2,1-3H3. The molecule has 102 valence electrons. The molecule has 0 amide bonds. The van der Waals surface area contributed by atoms with Gasteiger partial charge in [0.1, 0.15) is 0 Å². The number of likely N-dealkylation sites (N-methyl/N-ethyl adjacent to an activating group) is 2. The first-order chi connectivity index (χ1) is 8.31. The summed E-state index contributed by atoms with van der Waals surface area (Å²) in [6.45, 7) is 12.0. The zero-order valence-electron chi connectivity index (χ0n) is 11.9. The third kappa shape index (κ3) is 5.36. The fraction of sp³-hybridized carbons (Fsp3) is 1.00. The fourth-order valence-corrected chi connectivity index (χ4v) is 2.56. The lowest BCUT2D eigenvalue weighted by Crippen LogP contribution is -2.52. The second kappa shape index (κ2) is 8.90. The molecule has 3 heteroatoms. The highest BCUT2D eigenvalue weighted by molar-refractivity contribution is 4.82. The van der Waals surface area contributed by atoms with Crippen LogP contribution in [0.5, 0.6) is 0 Å². The summed E-state index contributed by atoms with van der Waals surface area (Å²) >= 11 is 0. The normalized spacial score (nSPS) is 23.8. The van der Waals surface area contributed by atoms with Gasteiger partial charge >= 0.3 is 0 Å². The molecule has 0 aliphatic carbocycles. The van der Waals surface area contributed by atoms with Crippen molar-refractivity contribution >= 4 is 0 Å². The van der Waals surface area contributed by atoms with Crippen LogP contribution in [0.25, 0.3) is 0 Å². The minimum Gasteiger partial charge on any atom is -0.374 e. The van der Waals surface area contributed by atoms with Crippen LogP contribution >= 0.6 is 0 Å². The van der Waals surface area contributed by atoms with Gasteiger partial charge in [-0.2, -0.15) is 0 Å². The zero-order valence-corrected chi connectivity index (χ0v) is 11.9. The summed E-state index contributed by atoms with van der Waals surface area (Å²) in [5.41, 5.74) is 0. The number of nitrogens with zero attached hydrogens (tertiary/aromatic N) is 1. The molecule has 17 heavy (non-hydrogen) atoms. The smallest absolute Gasteiger partial charge is 0.0855 e. The summed E-state index contributed by atoms with van der Waals surface area (Å²) in [5, 5.41) is 3.60. The Balaban J connectivity index is 2.38. The molecule has 0 aromatic carbocycles. The second-order valence-corrected chi connectivity index (χ2v) is 4.96. The Bertz CT molecular complexity index is 187. The Hall–Kier alpha value is -0.120. The van der Waals surface area contributed by atoms with Crippen molar-refractivity contribution in [2.45, 2.75) is 58.6 Å². The van der Waals surface area contributed by atoms with E-state index in [0.717, 1.165) is 32.8 Å². The second-order valence-electron chi connectivity index (χ2n) is 4.96. The van der Waals surface area contributed by atoms with Crippen molar-refractivity contribution in [3.8, 4) is 0 Å². The van der Waals surface area contributed by atoms with Crippen LogP contribution in [0.1, 0.15) is 46.5 Å². The number of rotatable bonds is 8. The van der Waals surface area contributed by atoms with Crippen molar-refractivity contribution in [3.05, 3.63) is 0 Å². The molecule has 0 spiro atoms. The first-order valence-corrected chi connectivity index (χ1v) is 7.39. The summed E-state index contributed by atoms with van der Waals surface area (Å²) in [7, 11) is 0. The molecular weight excluding hydrogens is 212 g/mol. The van der Waals surface area contributed by atoms with Crippen molar-refractivity contribution < 1.29 is 4.74 Å². The van der Waals surface area contributed by atoms with Gasteiger partial charge in [-0.15, -0.1) is 0 Å². The Morgan fingerprint density at radius 1 is 1.29 bits per heavy atom. The molecular formula is C14H30N2O. The van der Waals surface area contributed by atoms with Gasteiger partial charge in [0.15, 0.2) is 0 Å². The van der Waals surface area contributed by atoms with Gasteiger partial charge in [0.2, 0.25) is 0 Å². The van der Waals surface area contributed by atoms with Crippen molar-refractivity contribution in [2.75, 3.05) is 32.8 Å². The predicted octanol–water partition coefficient (Wildman–Crippen LogP) is 2.27. The van der Waals surface area contributed by atoms with Gasteiger partial charge in [-0.1, -0.05) is 40.0 Å². The molecule has 0 aromatic heterocycles. The van der Waals surface area contributed by atoms with Crippen molar-refractivity contribution in [2.24, 2.45) is 0 Å². The summed E-state index contributed by atoms with van der Waals surface area (Å²) in [5.74, 6) is 0. The fourth-order valence-electron chi connectivity index (χ4n) is 2.56. The highest BCUT2D eigenvalue weighted by Crippen LogP contribution is 2.14. The largest absolute Gasteiger partial charge is 0.374 e. The average molecular weight is 242 g/mol. The maximum absolute atomic E-state index is 5.95. The predicted molar refractivity (Wildman–Crippen MR) is 73.5 cm³/mol. The van der Waals surface area contributed by atoms with Crippen LogP contribution in [-0.2, 0) is 4.74 Å². The van der Waals surface area contributed by atoms with Crippen LogP contribution in [0, 0.1) is 0 Å². The van der Waals surface area contributed by atoms with E-state index < -0.39 is 0 Å². The third-order valence-corrected chi connectivity index (χ3v) is 3.66. The SMILES string of the molecule is CCCCCC(NCC)C1CN(CC)CCO1. The van der Waals surface area contributed by atoms with E-state index in [1.165, 1.54) is 25.7 Å². The molecule has 1 saturated heterocycles. The molecule has 1 N–H and O–H groups in total. The van der Waals surface area contributed by atoms with Crippen LogP contribution in [0.4, 0.5) is 0 Å². The molecule has 3 nitrogen and oxygen atoms in total. The number of hydrogen-bond acceptors (Lipinski definition) is 3. The third-order valence-electron chi connectivity index (χ3n) is 3.66. The summed E-state index contributed by atoms with van der Waals surface area (Å²) in [4.78, 5) is 2.50. The summed E-state index contributed by atoms with van der Waals surface area (Å²) in [6, 6.07) is 0.542. The van der Waals surface area contributed by atoms with E-state index in [1.54, 1.807) is 0 Å². The van der Waals surface area contributed by atoms with Gasteiger partial charge in [-0.25, -0.2) is 0 Å². The van der Waals surface area contributed by atoms with Crippen LogP contribution in [0.3, 0.4) is 0 Å². The van der Waals surface area contributed by atoms with Gasteiger partial charge in [0.25, 0.3) is 0 Å². The minimum atomic E-state index is 0.389. The quantitative estimate of drug-likeness (QED) is 0.661. The molecule has 0 bridgehead atoms. The number of nitrogens with one attached hydrogen (secondary N) is 1. The highest BCUT2D eigenvalue weighted by atomic mass is 16.5. The number of unbranched alkanes of at least 4 members (excludes halogenated alkanes) is 2. The van der Waals surface area contributed by atoms with Crippen molar-refractivity contribution in [3.63, 3.8) is 0 Å². The topological polar surface area (TPSA) is 24.5 Å². The van der Waals surface area contributed by atoms with E-state index in [0.29, 0.717) is 12.1 Å². The van der Waals surface area contributed by atoms with Gasteiger partial charge in [-0.05, 0) is 19.5 Å². The monoisotopic (exact) mass is 242 g/mol. The summed E-state index contributed by atoms with van der Waals surface area (Å²) < 4.78 is 5.95. The lowest BCUT2D eigenvalue weighted by atomic mass is 10.0. The maximum atomic E-state index is 5.95. The van der Waals surface area contributed by atoms with E-state index in [2.05, 4.69) is 31.0 Å². The zero-order chi connectivity index (χ0) is 12.5. The Kier molecular flexibility index (Phi) is 7.82. The first kappa shape index (κ1) is 14.9. The van der Waals surface area contributed by atoms with Gasteiger partial charge < -0.3 is 10.1 Å². The molecule has 0 aromatic rings. The van der Waals surface area contributed by atoms with Crippen molar-refractivity contribution in [1.29, 1.82) is 0 Å². The van der Waals surface area contributed by atoms with E-state index in [4.69, 9.17) is 4.74 Å².